The number of amides is 1. The molecule has 0 fully saturated rings. The van der Waals surface area contributed by atoms with E-state index in [4.69, 9.17) is 16.3 Å². The highest BCUT2D eigenvalue weighted by atomic mass is 35.5. The van der Waals surface area contributed by atoms with Crippen molar-refractivity contribution in [2.24, 2.45) is 0 Å². The van der Waals surface area contributed by atoms with Crippen LogP contribution in [0.5, 0.6) is 5.75 Å². The van der Waals surface area contributed by atoms with Gasteiger partial charge in [-0.25, -0.2) is 0 Å². The minimum absolute atomic E-state index is 0.143. The number of aromatic amines is 1. The lowest BCUT2D eigenvalue weighted by atomic mass is 9.96. The number of rotatable bonds is 3. The van der Waals surface area contributed by atoms with Gasteiger partial charge in [-0.2, -0.15) is 5.10 Å². The SMILES string of the molecule is Cc1c(Cc2ccc(-c3ccn[nH]3)cc2)cc2c(c1Cl)OCCNC2=O. The monoisotopic (exact) mass is 367 g/mol. The van der Waals surface area contributed by atoms with Gasteiger partial charge in [0.15, 0.2) is 5.75 Å². The van der Waals surface area contributed by atoms with Gasteiger partial charge in [0.05, 0.1) is 22.8 Å². The Morgan fingerprint density at radius 1 is 1.23 bits per heavy atom. The lowest BCUT2D eigenvalue weighted by Crippen LogP contribution is -2.24. The number of H-pyrrole nitrogens is 1. The van der Waals surface area contributed by atoms with Gasteiger partial charge in [0.2, 0.25) is 0 Å². The van der Waals surface area contributed by atoms with Crippen molar-refractivity contribution < 1.29 is 9.53 Å². The fourth-order valence-corrected chi connectivity index (χ4v) is 3.40. The van der Waals surface area contributed by atoms with E-state index in [9.17, 15) is 4.79 Å². The van der Waals surface area contributed by atoms with E-state index in [0.29, 0.717) is 35.9 Å². The lowest BCUT2D eigenvalue weighted by molar-refractivity contribution is 0.0957. The van der Waals surface area contributed by atoms with E-state index in [0.717, 1.165) is 27.9 Å². The lowest BCUT2D eigenvalue weighted by Gasteiger charge is -2.15. The molecule has 2 aromatic carbocycles. The predicted molar refractivity (Wildman–Crippen MR) is 101 cm³/mol. The van der Waals surface area contributed by atoms with Crippen molar-refractivity contribution in [3.05, 3.63) is 69.9 Å². The third kappa shape index (κ3) is 3.06. The molecular weight excluding hydrogens is 350 g/mol. The van der Waals surface area contributed by atoms with Crippen LogP contribution in [0.2, 0.25) is 5.02 Å². The number of benzene rings is 2. The van der Waals surface area contributed by atoms with Crippen molar-refractivity contribution in [1.29, 1.82) is 0 Å². The van der Waals surface area contributed by atoms with Crippen molar-refractivity contribution in [3.8, 4) is 17.0 Å². The number of ether oxygens (including phenoxy) is 1. The number of hydrogen-bond donors (Lipinski definition) is 2. The molecule has 1 aliphatic heterocycles. The summed E-state index contributed by atoms with van der Waals surface area (Å²) in [5, 5.41) is 10.3. The van der Waals surface area contributed by atoms with Gasteiger partial charge in [0, 0.05) is 6.20 Å². The molecule has 1 amide bonds. The maximum absolute atomic E-state index is 12.3. The minimum atomic E-state index is -0.143. The van der Waals surface area contributed by atoms with Crippen LogP contribution in [0.15, 0.2) is 42.6 Å². The summed E-state index contributed by atoms with van der Waals surface area (Å²) in [6.07, 6.45) is 2.42. The second-order valence-electron chi connectivity index (χ2n) is 6.30. The summed E-state index contributed by atoms with van der Waals surface area (Å²) in [4.78, 5) is 12.3. The molecule has 4 rings (SSSR count). The molecule has 1 aliphatic rings. The number of carbonyl (C=O) groups is 1. The third-order valence-corrected chi connectivity index (χ3v) is 5.07. The van der Waals surface area contributed by atoms with Gasteiger partial charge in [-0.3, -0.25) is 9.89 Å². The predicted octanol–water partition coefficient (Wildman–Crippen LogP) is 3.75. The summed E-state index contributed by atoms with van der Waals surface area (Å²) in [5.74, 6) is 0.341. The summed E-state index contributed by atoms with van der Waals surface area (Å²) in [6.45, 7) is 2.86. The van der Waals surface area contributed by atoms with Gasteiger partial charge in [-0.1, -0.05) is 35.9 Å². The largest absolute Gasteiger partial charge is 0.489 e. The van der Waals surface area contributed by atoms with Gasteiger partial charge in [-0.05, 0) is 47.7 Å². The molecule has 0 saturated heterocycles. The van der Waals surface area contributed by atoms with Crippen LogP contribution in [0, 0.1) is 6.92 Å². The van der Waals surface area contributed by atoms with Crippen molar-refractivity contribution in [3.63, 3.8) is 0 Å². The normalized spacial score (nSPS) is 13.5. The molecule has 0 saturated carbocycles. The van der Waals surface area contributed by atoms with E-state index < -0.39 is 0 Å². The Hall–Kier alpha value is -2.79. The van der Waals surface area contributed by atoms with Crippen LogP contribution in [0.25, 0.3) is 11.3 Å². The number of nitrogens with zero attached hydrogens (tertiary/aromatic N) is 1. The zero-order valence-corrected chi connectivity index (χ0v) is 15.1. The summed E-state index contributed by atoms with van der Waals surface area (Å²) >= 11 is 6.50. The number of aromatic nitrogens is 2. The smallest absolute Gasteiger partial charge is 0.255 e. The molecule has 0 bridgehead atoms. The van der Waals surface area contributed by atoms with Crippen LogP contribution >= 0.6 is 11.6 Å². The molecule has 26 heavy (non-hydrogen) atoms. The Balaban J connectivity index is 1.66. The number of hydrogen-bond acceptors (Lipinski definition) is 3. The Morgan fingerprint density at radius 3 is 2.77 bits per heavy atom. The van der Waals surface area contributed by atoms with Crippen molar-refractivity contribution in [1.82, 2.24) is 15.5 Å². The van der Waals surface area contributed by atoms with E-state index in [1.54, 1.807) is 6.20 Å². The molecule has 0 aliphatic carbocycles. The first-order valence-corrected chi connectivity index (χ1v) is 8.83. The van der Waals surface area contributed by atoms with Gasteiger partial charge in [-0.15, -0.1) is 0 Å². The summed E-state index contributed by atoms with van der Waals surface area (Å²) in [6, 6.07) is 12.1. The van der Waals surface area contributed by atoms with Crippen LogP contribution in [0.3, 0.4) is 0 Å². The summed E-state index contributed by atoms with van der Waals surface area (Å²) in [7, 11) is 0. The Bertz CT molecular complexity index is 950. The first-order chi connectivity index (χ1) is 12.6. The molecule has 0 unspecified atom stereocenters. The van der Waals surface area contributed by atoms with Crippen LogP contribution < -0.4 is 10.1 Å². The second kappa shape index (κ2) is 6.84. The van der Waals surface area contributed by atoms with Crippen molar-refractivity contribution in [2.75, 3.05) is 13.2 Å². The van der Waals surface area contributed by atoms with Crippen LogP contribution in [0.1, 0.15) is 27.0 Å². The topological polar surface area (TPSA) is 67.0 Å². The molecule has 5 nitrogen and oxygen atoms in total. The Labute approximate surface area is 156 Å². The molecule has 1 aromatic heterocycles. The minimum Gasteiger partial charge on any atom is -0.489 e. The van der Waals surface area contributed by atoms with Gasteiger partial charge in [0.25, 0.3) is 5.91 Å². The van der Waals surface area contributed by atoms with E-state index in [2.05, 4.69) is 39.8 Å². The van der Waals surface area contributed by atoms with E-state index >= 15 is 0 Å². The molecule has 0 atom stereocenters. The van der Waals surface area contributed by atoms with Gasteiger partial charge >= 0.3 is 0 Å². The fourth-order valence-electron chi connectivity index (χ4n) is 3.12. The fraction of sp³-hybridized carbons (Fsp3) is 0.200. The zero-order chi connectivity index (χ0) is 18.1. The van der Waals surface area contributed by atoms with Gasteiger partial charge < -0.3 is 10.1 Å². The number of fused-ring (bicyclic) bond motifs is 1. The first kappa shape index (κ1) is 16.7. The third-order valence-electron chi connectivity index (χ3n) is 4.61. The van der Waals surface area contributed by atoms with Crippen LogP contribution in [-0.4, -0.2) is 29.3 Å². The number of carbonyl (C=O) groups excluding carboxylic acids is 1. The van der Waals surface area contributed by atoms with Crippen molar-refractivity contribution >= 4 is 17.5 Å². The maximum Gasteiger partial charge on any atom is 0.255 e. The number of nitrogens with one attached hydrogen (secondary N) is 2. The standard InChI is InChI=1S/C20H18ClN3O2/c1-12-15(11-16-19(18(12)21)26-9-8-22-20(16)25)10-13-2-4-14(5-3-13)17-6-7-23-24-17/h2-7,11H,8-10H2,1H3,(H,22,25)(H,23,24). The van der Waals surface area contributed by atoms with Crippen molar-refractivity contribution in [2.45, 2.75) is 13.3 Å². The highest BCUT2D eigenvalue weighted by Crippen LogP contribution is 2.36. The van der Waals surface area contributed by atoms with E-state index in [1.165, 1.54) is 0 Å². The highest BCUT2D eigenvalue weighted by Gasteiger charge is 2.22. The Kier molecular flexibility index (Phi) is 4.39. The molecule has 2 heterocycles. The molecule has 0 spiro atoms. The molecule has 132 valence electrons. The molecule has 2 N–H and O–H groups in total. The maximum atomic E-state index is 12.3. The highest BCUT2D eigenvalue weighted by molar-refractivity contribution is 6.33. The average Bonchev–Trinajstić information content (AvgIpc) is 3.12. The molecular formula is C20H18ClN3O2. The van der Waals surface area contributed by atoms with E-state index in [-0.39, 0.29) is 5.91 Å². The van der Waals surface area contributed by atoms with Gasteiger partial charge in [0.1, 0.15) is 6.61 Å². The summed E-state index contributed by atoms with van der Waals surface area (Å²) < 4.78 is 5.67. The molecule has 0 radical (unpaired) electrons. The quantitative estimate of drug-likeness (QED) is 0.740. The second-order valence-corrected chi connectivity index (χ2v) is 6.68. The first-order valence-electron chi connectivity index (χ1n) is 8.45. The average molecular weight is 368 g/mol. The van der Waals surface area contributed by atoms with E-state index in [1.807, 2.05) is 19.1 Å². The molecule has 3 aromatic rings. The summed E-state index contributed by atoms with van der Waals surface area (Å²) in [5.41, 5.74) is 5.66. The number of halogens is 1. The Morgan fingerprint density at radius 2 is 2.04 bits per heavy atom. The van der Waals surface area contributed by atoms with Crippen LogP contribution in [0.4, 0.5) is 0 Å². The zero-order valence-electron chi connectivity index (χ0n) is 14.3. The van der Waals surface area contributed by atoms with Crippen LogP contribution in [-0.2, 0) is 6.42 Å². The molecule has 6 heteroatoms.